The molecule has 0 spiro atoms. The van der Waals surface area contributed by atoms with E-state index in [1.54, 1.807) is 0 Å². The van der Waals surface area contributed by atoms with Crippen LogP contribution in [0.2, 0.25) is 0 Å². The number of nitrogens with zero attached hydrogens (tertiary/aromatic N) is 6. The quantitative estimate of drug-likeness (QED) is 0.0388. The van der Waals surface area contributed by atoms with E-state index in [1.807, 2.05) is 0 Å². The van der Waals surface area contributed by atoms with Gasteiger partial charge in [-0.15, -0.1) is 6.58 Å². The summed E-state index contributed by atoms with van der Waals surface area (Å²) in [5, 5.41) is 25.7. The second kappa shape index (κ2) is 16.9. The van der Waals surface area contributed by atoms with Crippen LogP contribution in [0.5, 0.6) is 0 Å². The molecule has 3 aromatic rings. The van der Waals surface area contributed by atoms with Crippen molar-refractivity contribution in [3.8, 4) is 0 Å². The van der Waals surface area contributed by atoms with Crippen molar-refractivity contribution in [3.63, 3.8) is 0 Å². The summed E-state index contributed by atoms with van der Waals surface area (Å²) in [6, 6.07) is -0.309. The molecule has 302 valence electrons. The van der Waals surface area contributed by atoms with Gasteiger partial charge in [-0.25, -0.2) is 29.1 Å². The first kappa shape index (κ1) is 41.9. The van der Waals surface area contributed by atoms with Gasteiger partial charge in [0.2, 0.25) is 5.91 Å². The third kappa shape index (κ3) is 9.26. The lowest BCUT2D eigenvalue weighted by atomic mass is 10.1. The van der Waals surface area contributed by atoms with Gasteiger partial charge in [0.1, 0.15) is 41.6 Å². The number of ether oxygens (including phenoxy) is 4. The van der Waals surface area contributed by atoms with E-state index < -0.39 is 101 Å². The summed E-state index contributed by atoms with van der Waals surface area (Å²) in [4.78, 5) is 84.4. The maximum atomic E-state index is 14.1. The van der Waals surface area contributed by atoms with E-state index in [0.29, 0.717) is 11.0 Å². The zero-order valence-corrected chi connectivity index (χ0v) is 30.6. The highest BCUT2D eigenvalue weighted by Crippen LogP contribution is 2.58. The number of imidazole rings is 1. The van der Waals surface area contributed by atoms with E-state index in [1.165, 1.54) is 24.1 Å². The van der Waals surface area contributed by atoms with E-state index in [0.717, 1.165) is 18.6 Å². The summed E-state index contributed by atoms with van der Waals surface area (Å²) < 4.78 is 59.5. The molecule has 3 aromatic heterocycles. The topological polar surface area (TPSA) is 367 Å². The summed E-state index contributed by atoms with van der Waals surface area (Å²) in [5.41, 5.74) is 5.51. The second-order valence-electron chi connectivity index (χ2n) is 12.3. The van der Waals surface area contributed by atoms with Gasteiger partial charge < -0.3 is 65.1 Å². The second-order valence-corrected chi connectivity index (χ2v) is 15.4. The van der Waals surface area contributed by atoms with Gasteiger partial charge in [-0.3, -0.25) is 23.0 Å². The molecule has 1 amide bonds. The van der Waals surface area contributed by atoms with Gasteiger partial charge in [0.25, 0.3) is 0 Å². The standard InChI is InChI=1S/C28H39N9O16P2/c1-3-4-5-18(38)34-14(8-48-2)26(40)53-21-15(52-25(20(21)39)36-13-33-19-23(30)31-12-32-24(19)36)9-50-54(43,44)22-16(10-51-55(45,46)47)49-11-28(22,42)37-7-6-17(29)35-27(37)41/h3,6-7,12-16,20-22,25,39,42H,1,4-5,8-11H2,2H3,(H,34,38)(H,43,44)(H2,29,35,41)(H2,30,31,32)(H2,45,46,47)/t14-,15+,16+,20+,21+,22+,25+,28-/m0/s1. The smallest absolute Gasteiger partial charge is 0.455 e. The Labute approximate surface area is 310 Å². The first-order valence-corrected chi connectivity index (χ1v) is 19.3. The molecule has 5 heterocycles. The summed E-state index contributed by atoms with van der Waals surface area (Å²) >= 11 is 0. The fourth-order valence-corrected chi connectivity index (χ4v) is 8.18. The molecule has 10 N–H and O–H groups in total. The van der Waals surface area contributed by atoms with Crippen molar-refractivity contribution < 1.29 is 71.6 Å². The van der Waals surface area contributed by atoms with E-state index in [9.17, 15) is 48.4 Å². The molecule has 27 heteroatoms. The molecule has 25 nitrogen and oxygen atoms in total. The van der Waals surface area contributed by atoms with Crippen LogP contribution in [-0.4, -0.2) is 135 Å². The normalized spacial score (nSPS) is 27.1. The Morgan fingerprint density at radius 2 is 1.91 bits per heavy atom. The number of hydrogen-bond donors (Lipinski definition) is 8. The number of allylic oxidation sites excluding steroid dienone is 1. The number of esters is 1. The first-order valence-electron chi connectivity index (χ1n) is 16.1. The number of carbonyl (C=O) groups excluding carboxylic acids is 2. The summed E-state index contributed by atoms with van der Waals surface area (Å²) in [6.45, 7) is 0.227. The number of phosphoric ester groups is 1. The number of carbonyl (C=O) groups is 2. The number of phosphoric acid groups is 1. The average molecular weight is 820 g/mol. The number of methoxy groups -OCH3 is 1. The van der Waals surface area contributed by atoms with Crippen molar-refractivity contribution in [2.24, 2.45) is 0 Å². The molecule has 2 aliphatic heterocycles. The minimum atomic E-state index is -5.39. The number of nitrogens with two attached hydrogens (primary N) is 2. The maximum absolute atomic E-state index is 14.1. The zero-order valence-electron chi connectivity index (χ0n) is 28.8. The third-order valence-corrected chi connectivity index (χ3v) is 11.0. The van der Waals surface area contributed by atoms with Crippen LogP contribution >= 0.6 is 15.4 Å². The van der Waals surface area contributed by atoms with Gasteiger partial charge in [-0.1, -0.05) is 6.08 Å². The van der Waals surface area contributed by atoms with Crippen molar-refractivity contribution in [3.05, 3.63) is 48.1 Å². The van der Waals surface area contributed by atoms with Crippen molar-refractivity contribution in [1.29, 1.82) is 0 Å². The van der Waals surface area contributed by atoms with Crippen molar-refractivity contribution in [2.75, 3.05) is 45.0 Å². The largest absolute Gasteiger partial charge is 0.469 e. The van der Waals surface area contributed by atoms with E-state index >= 15 is 0 Å². The van der Waals surface area contributed by atoms with Crippen LogP contribution in [0, 0.1) is 0 Å². The van der Waals surface area contributed by atoms with Crippen LogP contribution in [0.3, 0.4) is 0 Å². The number of anilines is 2. The van der Waals surface area contributed by atoms with Crippen molar-refractivity contribution in [1.82, 2.24) is 34.4 Å². The molecule has 2 aliphatic rings. The van der Waals surface area contributed by atoms with E-state index in [4.69, 9.17) is 34.9 Å². The Kier molecular flexibility index (Phi) is 12.9. The minimum absolute atomic E-state index is 0.0196. The van der Waals surface area contributed by atoms with Crippen LogP contribution in [0.15, 0.2) is 42.4 Å². The number of hydrogen-bond acceptors (Lipinski definition) is 19. The van der Waals surface area contributed by atoms with Crippen LogP contribution in [0.1, 0.15) is 19.1 Å². The Morgan fingerprint density at radius 3 is 2.58 bits per heavy atom. The molecule has 0 saturated carbocycles. The molecule has 5 rings (SSSR count). The van der Waals surface area contributed by atoms with E-state index in [-0.39, 0.29) is 35.8 Å². The lowest BCUT2D eigenvalue weighted by Crippen LogP contribution is -2.52. The highest BCUT2D eigenvalue weighted by molar-refractivity contribution is 7.53. The van der Waals surface area contributed by atoms with Gasteiger partial charge in [0.05, 0.1) is 32.8 Å². The number of aliphatic hydroxyl groups is 2. The summed E-state index contributed by atoms with van der Waals surface area (Å²) in [5.74, 6) is -1.94. The lowest BCUT2D eigenvalue weighted by Gasteiger charge is -2.34. The molecule has 9 atom stereocenters. The number of amides is 1. The number of nitrogen functional groups attached to an aromatic ring is 2. The molecule has 0 aromatic carbocycles. The van der Waals surface area contributed by atoms with Crippen molar-refractivity contribution in [2.45, 2.75) is 60.9 Å². The van der Waals surface area contributed by atoms with Crippen LogP contribution in [0.4, 0.5) is 11.6 Å². The Hall–Kier alpha value is -4.23. The predicted molar refractivity (Wildman–Crippen MR) is 183 cm³/mol. The monoisotopic (exact) mass is 819 g/mol. The molecule has 2 saturated heterocycles. The summed E-state index contributed by atoms with van der Waals surface area (Å²) in [7, 11) is -9.33. The highest BCUT2D eigenvalue weighted by atomic mass is 31.2. The molecular formula is C28H39N9O16P2. The Morgan fingerprint density at radius 1 is 1.18 bits per heavy atom. The Balaban J connectivity index is 1.47. The summed E-state index contributed by atoms with van der Waals surface area (Å²) in [6.07, 6.45) is -3.35. The third-order valence-electron chi connectivity index (χ3n) is 8.51. The molecule has 2 fully saturated rings. The number of aromatic nitrogens is 6. The SMILES string of the molecule is C=CCCC(=O)N[C@@H](COC)C(=O)O[C@H]1[C@@H](O)[C@H](n2cnc3c(N)ncnc32)O[C@@H]1COP(=O)(O)[C@@H]1[C@@H](COP(=O)(O)O)OC[C@@]1(O)n1ccc(N)nc1=O. The number of rotatable bonds is 17. The van der Waals surface area contributed by atoms with Gasteiger partial charge in [0.15, 0.2) is 35.6 Å². The molecule has 55 heavy (non-hydrogen) atoms. The predicted octanol–water partition coefficient (Wildman–Crippen LogP) is -2.76. The van der Waals surface area contributed by atoms with Crippen LogP contribution < -0.4 is 22.5 Å². The highest BCUT2D eigenvalue weighted by Gasteiger charge is 2.61. The van der Waals surface area contributed by atoms with Crippen molar-refractivity contribution >= 4 is 50.1 Å². The minimum Gasteiger partial charge on any atom is -0.455 e. The van der Waals surface area contributed by atoms with Gasteiger partial charge in [0, 0.05) is 19.7 Å². The van der Waals surface area contributed by atoms with E-state index in [2.05, 4.69) is 36.4 Å². The number of aliphatic hydroxyl groups excluding tert-OH is 1. The molecule has 0 bridgehead atoms. The number of nitrogens with one attached hydrogen (secondary N) is 1. The van der Waals surface area contributed by atoms with Gasteiger partial charge in [-0.2, -0.15) is 4.98 Å². The molecule has 0 aliphatic carbocycles. The number of fused-ring (bicyclic) bond motifs is 1. The molecule has 1 unspecified atom stereocenters. The average Bonchev–Trinajstić information content (AvgIpc) is 3.79. The molecule has 0 radical (unpaired) electrons. The Bertz CT molecular complexity index is 2050. The fraction of sp³-hybridized carbons (Fsp3) is 0.536. The molecular weight excluding hydrogens is 780 g/mol. The fourth-order valence-electron chi connectivity index (χ4n) is 6.01. The zero-order chi connectivity index (χ0) is 40.3. The van der Waals surface area contributed by atoms with Gasteiger partial charge in [-0.05, 0) is 12.5 Å². The maximum Gasteiger partial charge on any atom is 0.469 e. The van der Waals surface area contributed by atoms with Gasteiger partial charge >= 0.3 is 27.1 Å². The van der Waals surface area contributed by atoms with Crippen LogP contribution in [-0.2, 0) is 52.4 Å². The lowest BCUT2D eigenvalue weighted by molar-refractivity contribution is -0.161. The van der Waals surface area contributed by atoms with Crippen LogP contribution in [0.25, 0.3) is 11.2 Å². The first-order chi connectivity index (χ1) is 25.9.